The van der Waals surface area contributed by atoms with Crippen molar-refractivity contribution in [1.82, 2.24) is 0 Å². The van der Waals surface area contributed by atoms with Crippen molar-refractivity contribution < 1.29 is 18.8 Å². The highest BCUT2D eigenvalue weighted by molar-refractivity contribution is 7.71. The van der Waals surface area contributed by atoms with E-state index in [9.17, 15) is 9.36 Å². The van der Waals surface area contributed by atoms with Gasteiger partial charge in [-0.3, -0.25) is 0 Å². The number of benzene rings is 2. The Morgan fingerprint density at radius 1 is 0.960 bits per heavy atom. The van der Waals surface area contributed by atoms with Gasteiger partial charge in [-0.1, -0.05) is 22.3 Å². The average Bonchev–Trinajstić information content (AvgIpc) is 2.54. The molecule has 0 bridgehead atoms. The van der Waals surface area contributed by atoms with Crippen LogP contribution in [0.2, 0.25) is 0 Å². The summed E-state index contributed by atoms with van der Waals surface area (Å²) in [5.74, 6) is 1.07. The van der Waals surface area contributed by atoms with Gasteiger partial charge in [-0.05, 0) is 57.9 Å². The van der Waals surface area contributed by atoms with Crippen molar-refractivity contribution in [3.05, 3.63) is 52.6 Å². The highest BCUT2D eigenvalue weighted by Gasteiger charge is 2.38. The normalized spacial score (nSPS) is 11.2. The lowest BCUT2D eigenvalue weighted by Gasteiger charge is -2.08. The molecule has 1 unspecified atom stereocenters. The minimum absolute atomic E-state index is 0.366. The lowest BCUT2D eigenvalue weighted by atomic mass is 10.0. The Labute approximate surface area is 150 Å². The second kappa shape index (κ2) is 8.26. The lowest BCUT2D eigenvalue weighted by molar-refractivity contribution is 0.107. The summed E-state index contributed by atoms with van der Waals surface area (Å²) >= 11 is 0. The third kappa shape index (κ3) is 4.26. The van der Waals surface area contributed by atoms with Crippen molar-refractivity contribution in [2.45, 2.75) is 34.6 Å². The molecule has 132 valence electrons. The van der Waals surface area contributed by atoms with Gasteiger partial charge in [-0.15, -0.1) is 0 Å². The Hall–Kier alpha value is -2.19. The SMILES string of the molecule is CCOc1ccc([P+](=O)C(=O)c2c(C)cc(C)cc2C)c(OCC)c1. The van der Waals surface area contributed by atoms with Gasteiger partial charge in [-0.2, -0.15) is 0 Å². The Bertz CT molecular complexity index is 788. The second-order valence-corrected chi connectivity index (χ2v) is 7.35. The Morgan fingerprint density at radius 2 is 1.56 bits per heavy atom. The summed E-state index contributed by atoms with van der Waals surface area (Å²) in [6.45, 7) is 10.4. The van der Waals surface area contributed by atoms with Crippen LogP contribution in [0.4, 0.5) is 0 Å². The third-order valence-corrected chi connectivity index (χ3v) is 5.24. The van der Waals surface area contributed by atoms with E-state index in [1.807, 2.05) is 46.8 Å². The fourth-order valence-corrected chi connectivity index (χ4v) is 4.23. The first kappa shape index (κ1) is 19.1. The molecular formula is C20H24O4P+. The molecule has 2 aromatic rings. The second-order valence-electron chi connectivity index (χ2n) is 5.87. The molecule has 0 radical (unpaired) electrons. The molecule has 0 fully saturated rings. The van der Waals surface area contributed by atoms with E-state index in [0.29, 0.717) is 35.6 Å². The van der Waals surface area contributed by atoms with Crippen LogP contribution >= 0.6 is 7.80 Å². The van der Waals surface area contributed by atoms with Crippen LogP contribution in [0.1, 0.15) is 40.9 Å². The minimum atomic E-state index is -2.28. The fraction of sp³-hybridized carbons (Fsp3) is 0.350. The predicted octanol–water partition coefficient (Wildman–Crippen LogP) is 4.70. The topological polar surface area (TPSA) is 52.6 Å². The van der Waals surface area contributed by atoms with Gasteiger partial charge in [0, 0.05) is 6.07 Å². The van der Waals surface area contributed by atoms with Crippen LogP contribution < -0.4 is 14.8 Å². The zero-order chi connectivity index (χ0) is 18.6. The lowest BCUT2D eigenvalue weighted by Crippen LogP contribution is -2.11. The van der Waals surface area contributed by atoms with Crippen LogP contribution in [0.15, 0.2) is 30.3 Å². The molecule has 0 aliphatic heterocycles. The Balaban J connectivity index is 2.45. The van der Waals surface area contributed by atoms with E-state index in [4.69, 9.17) is 9.47 Å². The van der Waals surface area contributed by atoms with Crippen LogP contribution in [0, 0.1) is 20.8 Å². The molecule has 1 atom stereocenters. The molecule has 25 heavy (non-hydrogen) atoms. The van der Waals surface area contributed by atoms with Crippen LogP contribution in [-0.4, -0.2) is 18.7 Å². The zero-order valence-electron chi connectivity index (χ0n) is 15.4. The summed E-state index contributed by atoms with van der Waals surface area (Å²) in [5, 5.41) is 0.407. The minimum Gasteiger partial charge on any atom is -0.494 e. The van der Waals surface area contributed by atoms with Gasteiger partial charge >= 0.3 is 13.3 Å². The van der Waals surface area contributed by atoms with E-state index in [0.717, 1.165) is 16.7 Å². The smallest absolute Gasteiger partial charge is 0.462 e. The van der Waals surface area contributed by atoms with Gasteiger partial charge in [-0.25, -0.2) is 4.79 Å². The predicted molar refractivity (Wildman–Crippen MR) is 101 cm³/mol. The molecule has 4 nitrogen and oxygen atoms in total. The highest BCUT2D eigenvalue weighted by atomic mass is 31.1. The molecule has 0 heterocycles. The molecule has 0 N–H and O–H groups in total. The maximum Gasteiger partial charge on any atom is 0.462 e. The first-order chi connectivity index (χ1) is 11.9. The number of aryl methyl sites for hydroxylation is 3. The summed E-state index contributed by atoms with van der Waals surface area (Å²) in [5.41, 5.74) is 2.93. The van der Waals surface area contributed by atoms with Crippen LogP contribution in [0.25, 0.3) is 0 Å². The van der Waals surface area contributed by atoms with Crippen molar-refractivity contribution in [2.24, 2.45) is 0 Å². The first-order valence-electron chi connectivity index (χ1n) is 8.38. The number of carbonyl (C=O) groups is 1. The van der Waals surface area contributed by atoms with Gasteiger partial charge in [0.25, 0.3) is 0 Å². The van der Waals surface area contributed by atoms with Crippen molar-refractivity contribution in [3.8, 4) is 11.5 Å². The molecule has 0 aliphatic rings. The van der Waals surface area contributed by atoms with E-state index in [2.05, 4.69) is 0 Å². The number of carbonyl (C=O) groups excluding carboxylic acids is 1. The van der Waals surface area contributed by atoms with E-state index in [1.165, 1.54) is 0 Å². The average molecular weight is 359 g/mol. The van der Waals surface area contributed by atoms with E-state index in [1.54, 1.807) is 18.2 Å². The van der Waals surface area contributed by atoms with Crippen LogP contribution in [0.3, 0.4) is 0 Å². The molecule has 0 aliphatic carbocycles. The molecule has 0 saturated carbocycles. The summed E-state index contributed by atoms with van der Waals surface area (Å²) < 4.78 is 24.0. The Kier molecular flexibility index (Phi) is 6.33. The first-order valence-corrected chi connectivity index (χ1v) is 9.64. The molecule has 0 spiro atoms. The van der Waals surface area contributed by atoms with Gasteiger partial charge in [0.15, 0.2) is 5.75 Å². The van der Waals surface area contributed by atoms with Gasteiger partial charge < -0.3 is 9.47 Å². The maximum absolute atomic E-state index is 13.0. The molecule has 5 heteroatoms. The van der Waals surface area contributed by atoms with Crippen LogP contribution in [-0.2, 0) is 4.57 Å². The molecule has 0 amide bonds. The van der Waals surface area contributed by atoms with Crippen molar-refractivity contribution in [3.63, 3.8) is 0 Å². The maximum atomic E-state index is 13.0. The van der Waals surface area contributed by atoms with Gasteiger partial charge in [0.05, 0.1) is 18.8 Å². The zero-order valence-corrected chi connectivity index (χ0v) is 16.3. The quantitative estimate of drug-likeness (QED) is 0.672. The molecule has 2 aromatic carbocycles. The molecule has 0 aromatic heterocycles. The molecule has 2 rings (SSSR count). The van der Waals surface area contributed by atoms with Crippen LogP contribution in [0.5, 0.6) is 11.5 Å². The van der Waals surface area contributed by atoms with Gasteiger partial charge in [0.2, 0.25) is 5.30 Å². The van der Waals surface area contributed by atoms with E-state index >= 15 is 0 Å². The van der Waals surface area contributed by atoms with E-state index in [-0.39, 0.29) is 5.52 Å². The number of rotatable bonds is 7. The van der Waals surface area contributed by atoms with E-state index < -0.39 is 7.80 Å². The molecule has 0 saturated heterocycles. The third-order valence-electron chi connectivity index (χ3n) is 3.84. The largest absolute Gasteiger partial charge is 0.494 e. The summed E-state index contributed by atoms with van der Waals surface area (Å²) in [4.78, 5) is 12.9. The van der Waals surface area contributed by atoms with Crippen molar-refractivity contribution in [1.29, 1.82) is 0 Å². The van der Waals surface area contributed by atoms with Gasteiger partial charge in [0.1, 0.15) is 5.75 Å². The number of hydrogen-bond acceptors (Lipinski definition) is 4. The fourth-order valence-electron chi connectivity index (χ4n) is 2.92. The number of ether oxygens (including phenoxy) is 2. The molecular weight excluding hydrogens is 335 g/mol. The van der Waals surface area contributed by atoms with Crippen molar-refractivity contribution >= 4 is 18.6 Å². The Morgan fingerprint density at radius 3 is 2.12 bits per heavy atom. The summed E-state index contributed by atoms with van der Waals surface area (Å²) in [6.07, 6.45) is 0. The highest BCUT2D eigenvalue weighted by Crippen LogP contribution is 2.35. The van der Waals surface area contributed by atoms with Crippen molar-refractivity contribution in [2.75, 3.05) is 13.2 Å². The standard InChI is InChI=1S/C20H24O4P/c1-6-23-16-8-9-18(17(12-16)24-7-2)25(22)20(21)19-14(4)10-13(3)11-15(19)5/h8-12H,6-7H2,1-5H3/q+1. The number of hydrogen-bond donors (Lipinski definition) is 0. The summed E-state index contributed by atoms with van der Waals surface area (Å²) in [6, 6.07) is 8.94. The summed E-state index contributed by atoms with van der Waals surface area (Å²) in [7, 11) is -2.28. The monoisotopic (exact) mass is 359 g/mol.